The van der Waals surface area contributed by atoms with Crippen LogP contribution in [0.3, 0.4) is 0 Å². The highest BCUT2D eigenvalue weighted by Crippen LogP contribution is 2.34. The van der Waals surface area contributed by atoms with E-state index in [1.165, 1.54) is 4.90 Å². The minimum absolute atomic E-state index is 0.220. The average Bonchev–Trinajstić information content (AvgIpc) is 3.65. The van der Waals surface area contributed by atoms with Crippen LogP contribution in [0.25, 0.3) is 0 Å². The number of amides is 3. The van der Waals surface area contributed by atoms with E-state index in [4.69, 9.17) is 4.74 Å². The number of carbonyl (C=O) groups is 3. The summed E-state index contributed by atoms with van der Waals surface area (Å²) in [6, 6.07) is 6.96. The third-order valence-corrected chi connectivity index (χ3v) is 6.77. The Kier molecular flexibility index (Phi) is 7.02. The number of nitrogens with one attached hydrogen (secondary N) is 1. The second kappa shape index (κ2) is 9.95. The summed E-state index contributed by atoms with van der Waals surface area (Å²) >= 11 is 0. The van der Waals surface area contributed by atoms with E-state index in [0.717, 1.165) is 43.5 Å². The molecule has 1 saturated heterocycles. The van der Waals surface area contributed by atoms with E-state index in [1.54, 1.807) is 14.0 Å². The molecule has 1 aromatic rings. The van der Waals surface area contributed by atoms with Gasteiger partial charge in [-0.05, 0) is 44.2 Å². The van der Waals surface area contributed by atoms with Crippen LogP contribution in [0.1, 0.15) is 43.4 Å². The number of esters is 1. The Bertz CT molecular complexity index is 955. The summed E-state index contributed by atoms with van der Waals surface area (Å²) in [5, 5.41) is 2.99. The molecule has 3 amide bonds. The fourth-order valence-electron chi connectivity index (χ4n) is 4.69. The van der Waals surface area contributed by atoms with Crippen molar-refractivity contribution >= 4 is 17.9 Å². The van der Waals surface area contributed by atoms with E-state index in [-0.39, 0.29) is 24.5 Å². The number of hydrogen-bond acceptors (Lipinski definition) is 5. The number of ether oxygens (including phenoxy) is 1. The molecule has 33 heavy (non-hydrogen) atoms. The largest absolute Gasteiger partial charge is 0.463 e. The lowest BCUT2D eigenvalue weighted by Gasteiger charge is -2.37. The van der Waals surface area contributed by atoms with Crippen LogP contribution in [0.4, 0.5) is 4.79 Å². The first-order valence-electron chi connectivity index (χ1n) is 11.9. The lowest BCUT2D eigenvalue weighted by atomic mass is 9.91. The summed E-state index contributed by atoms with van der Waals surface area (Å²) in [4.78, 5) is 44.3. The van der Waals surface area contributed by atoms with E-state index in [9.17, 15) is 14.4 Å². The molecule has 1 N–H and O–H groups in total. The van der Waals surface area contributed by atoms with Gasteiger partial charge in [0.15, 0.2) is 0 Å². The molecule has 0 bridgehead atoms. The summed E-state index contributed by atoms with van der Waals surface area (Å²) in [6.07, 6.45) is 2.89. The van der Waals surface area contributed by atoms with Crippen molar-refractivity contribution in [3.63, 3.8) is 0 Å². The lowest BCUT2D eigenvalue weighted by molar-refractivity contribution is -0.139. The summed E-state index contributed by atoms with van der Waals surface area (Å²) in [5.74, 6) is 0.0859. The second-order valence-corrected chi connectivity index (χ2v) is 9.11. The smallest absolute Gasteiger partial charge is 0.338 e. The molecule has 1 atom stereocenters. The Morgan fingerprint density at radius 1 is 1.12 bits per heavy atom. The van der Waals surface area contributed by atoms with Crippen LogP contribution >= 0.6 is 0 Å². The van der Waals surface area contributed by atoms with Crippen molar-refractivity contribution in [3.05, 3.63) is 46.7 Å². The summed E-state index contributed by atoms with van der Waals surface area (Å²) in [7, 11) is 1.69. The van der Waals surface area contributed by atoms with Gasteiger partial charge >= 0.3 is 12.0 Å². The summed E-state index contributed by atoms with van der Waals surface area (Å²) in [6.45, 7) is 7.42. The highest BCUT2D eigenvalue weighted by molar-refractivity contribution is 5.95. The van der Waals surface area contributed by atoms with E-state index in [1.807, 2.05) is 36.1 Å². The van der Waals surface area contributed by atoms with Crippen LogP contribution in [-0.4, -0.2) is 79.0 Å². The Labute approximate surface area is 195 Å². The molecule has 4 rings (SSSR count). The molecule has 2 fully saturated rings. The van der Waals surface area contributed by atoms with Crippen molar-refractivity contribution in [1.29, 1.82) is 0 Å². The SMILES string of the molecule is CCOC(=O)C1=C(CN2CCCN(C(=O)C3CC3)CC2)N(C)C(=O)NC1c1ccccc1C. The van der Waals surface area contributed by atoms with Crippen molar-refractivity contribution in [2.24, 2.45) is 5.92 Å². The van der Waals surface area contributed by atoms with Gasteiger partial charge in [-0.15, -0.1) is 0 Å². The number of benzene rings is 1. The van der Waals surface area contributed by atoms with Gasteiger partial charge in [0.25, 0.3) is 0 Å². The van der Waals surface area contributed by atoms with Gasteiger partial charge in [-0.2, -0.15) is 0 Å². The fraction of sp³-hybridized carbons (Fsp3) is 0.560. The first kappa shape index (κ1) is 23.3. The van der Waals surface area contributed by atoms with E-state index in [0.29, 0.717) is 30.9 Å². The Hall–Kier alpha value is -2.87. The highest BCUT2D eigenvalue weighted by atomic mass is 16.5. The van der Waals surface area contributed by atoms with Gasteiger partial charge in [-0.25, -0.2) is 9.59 Å². The van der Waals surface area contributed by atoms with Crippen molar-refractivity contribution < 1.29 is 19.1 Å². The first-order chi connectivity index (χ1) is 15.9. The molecular weight excluding hydrogens is 420 g/mol. The summed E-state index contributed by atoms with van der Waals surface area (Å²) < 4.78 is 5.44. The van der Waals surface area contributed by atoms with Crippen molar-refractivity contribution in [3.8, 4) is 0 Å². The number of hydrogen-bond donors (Lipinski definition) is 1. The monoisotopic (exact) mass is 454 g/mol. The molecule has 0 aromatic heterocycles. The number of urea groups is 1. The van der Waals surface area contributed by atoms with Gasteiger partial charge in [-0.3, -0.25) is 14.6 Å². The predicted octanol–water partition coefficient (Wildman–Crippen LogP) is 2.45. The van der Waals surface area contributed by atoms with Crippen LogP contribution < -0.4 is 5.32 Å². The average molecular weight is 455 g/mol. The van der Waals surface area contributed by atoms with Crippen LogP contribution in [0.15, 0.2) is 35.5 Å². The van der Waals surface area contributed by atoms with Gasteiger partial charge < -0.3 is 15.0 Å². The zero-order valence-electron chi connectivity index (χ0n) is 19.8. The zero-order valence-corrected chi connectivity index (χ0v) is 19.8. The maximum Gasteiger partial charge on any atom is 0.338 e. The number of aryl methyl sites for hydroxylation is 1. The predicted molar refractivity (Wildman–Crippen MR) is 124 cm³/mol. The minimum atomic E-state index is -0.566. The third kappa shape index (κ3) is 5.05. The van der Waals surface area contributed by atoms with Crippen LogP contribution in [0, 0.1) is 12.8 Å². The molecule has 1 aliphatic carbocycles. The Morgan fingerprint density at radius 2 is 1.88 bits per heavy atom. The van der Waals surface area contributed by atoms with Gasteiger partial charge in [0, 0.05) is 51.4 Å². The molecule has 0 spiro atoms. The zero-order chi connectivity index (χ0) is 23.5. The molecule has 1 unspecified atom stereocenters. The minimum Gasteiger partial charge on any atom is -0.463 e. The fourth-order valence-corrected chi connectivity index (χ4v) is 4.69. The van der Waals surface area contributed by atoms with Gasteiger partial charge in [0.05, 0.1) is 18.2 Å². The molecule has 1 saturated carbocycles. The van der Waals surface area contributed by atoms with Crippen molar-refractivity contribution in [2.75, 3.05) is 46.4 Å². The number of nitrogens with zero attached hydrogens (tertiary/aromatic N) is 3. The second-order valence-electron chi connectivity index (χ2n) is 9.11. The Balaban J connectivity index is 1.63. The van der Waals surface area contributed by atoms with E-state index < -0.39 is 12.0 Å². The third-order valence-electron chi connectivity index (χ3n) is 6.77. The molecule has 178 valence electrons. The maximum atomic E-state index is 13.2. The maximum absolute atomic E-state index is 13.2. The summed E-state index contributed by atoms with van der Waals surface area (Å²) in [5.41, 5.74) is 3.02. The van der Waals surface area contributed by atoms with Crippen molar-refractivity contribution in [1.82, 2.24) is 20.0 Å². The van der Waals surface area contributed by atoms with Crippen molar-refractivity contribution in [2.45, 2.75) is 39.2 Å². The van der Waals surface area contributed by atoms with Crippen LogP contribution in [0.2, 0.25) is 0 Å². The van der Waals surface area contributed by atoms with E-state index in [2.05, 4.69) is 10.2 Å². The highest BCUT2D eigenvalue weighted by Gasteiger charge is 2.38. The standard InChI is InChI=1S/C25H34N4O4/c1-4-33-24(31)21-20(16-28-12-7-13-29(15-14-28)23(30)18-10-11-18)27(3)25(32)26-22(21)19-9-6-5-8-17(19)2/h5-6,8-9,18,22H,4,7,10-16H2,1-3H3,(H,26,32). The Morgan fingerprint density at radius 3 is 2.58 bits per heavy atom. The quantitative estimate of drug-likeness (QED) is 0.668. The van der Waals surface area contributed by atoms with Gasteiger partial charge in [-0.1, -0.05) is 24.3 Å². The molecule has 8 nitrogen and oxygen atoms in total. The lowest BCUT2D eigenvalue weighted by Crippen LogP contribution is -2.49. The molecule has 3 aliphatic rings. The van der Waals surface area contributed by atoms with Gasteiger partial charge in [0.1, 0.15) is 0 Å². The molecule has 2 heterocycles. The normalized spacial score (nSPS) is 22.2. The molecule has 8 heteroatoms. The molecular formula is C25H34N4O4. The number of carbonyl (C=O) groups excluding carboxylic acids is 3. The first-order valence-corrected chi connectivity index (χ1v) is 11.9. The topological polar surface area (TPSA) is 82.2 Å². The molecule has 1 aromatic carbocycles. The number of likely N-dealkylation sites (N-methyl/N-ethyl adjacent to an activating group) is 1. The van der Waals surface area contributed by atoms with Crippen LogP contribution in [0.5, 0.6) is 0 Å². The number of rotatable bonds is 6. The molecule has 2 aliphatic heterocycles. The van der Waals surface area contributed by atoms with Crippen LogP contribution in [-0.2, 0) is 14.3 Å². The van der Waals surface area contributed by atoms with Gasteiger partial charge in [0.2, 0.25) is 5.91 Å². The molecule has 0 radical (unpaired) electrons. The van der Waals surface area contributed by atoms with E-state index >= 15 is 0 Å².